The molecule has 0 amide bonds. The zero-order valence-corrected chi connectivity index (χ0v) is 24.5. The summed E-state index contributed by atoms with van der Waals surface area (Å²) in [5.74, 6) is 4.61. The lowest BCUT2D eigenvalue weighted by Crippen LogP contribution is -2.13. The lowest BCUT2D eigenvalue weighted by atomic mass is 9.77. The summed E-state index contributed by atoms with van der Waals surface area (Å²) in [5.41, 5.74) is 4.99. The van der Waals surface area contributed by atoms with Crippen molar-refractivity contribution in [1.29, 1.82) is 0 Å². The van der Waals surface area contributed by atoms with Gasteiger partial charge in [0.1, 0.15) is 0 Å². The first-order chi connectivity index (χ1) is 19.2. The molecule has 210 valence electrons. The molecule has 0 saturated heterocycles. The van der Waals surface area contributed by atoms with Gasteiger partial charge in [0, 0.05) is 11.1 Å². The third kappa shape index (κ3) is 7.62. The number of aromatic nitrogens is 2. The number of hydrogen-bond acceptors (Lipinski definition) is 3. The minimum Gasteiger partial charge on any atom is -0.334 e. The van der Waals surface area contributed by atoms with Crippen LogP contribution in [-0.4, -0.2) is 10.1 Å². The van der Waals surface area contributed by atoms with E-state index in [0.29, 0.717) is 23.6 Å². The van der Waals surface area contributed by atoms with Gasteiger partial charge in [-0.15, -0.1) is 0 Å². The van der Waals surface area contributed by atoms with Gasteiger partial charge in [-0.25, -0.2) is 0 Å². The van der Waals surface area contributed by atoms with Crippen LogP contribution in [0.4, 0.5) is 0 Å². The molecule has 2 aliphatic rings. The summed E-state index contributed by atoms with van der Waals surface area (Å²) in [6.07, 6.45) is 22.0. The topological polar surface area (TPSA) is 38.9 Å². The highest BCUT2D eigenvalue weighted by molar-refractivity contribution is 5.60. The summed E-state index contributed by atoms with van der Waals surface area (Å²) in [6, 6.07) is 17.9. The van der Waals surface area contributed by atoms with E-state index in [4.69, 9.17) is 9.51 Å². The number of hydrogen-bond donors (Lipinski definition) is 0. The van der Waals surface area contributed by atoms with Gasteiger partial charge < -0.3 is 4.52 Å². The summed E-state index contributed by atoms with van der Waals surface area (Å²) >= 11 is 0. The Balaban J connectivity index is 1.13. The van der Waals surface area contributed by atoms with Crippen LogP contribution >= 0.6 is 0 Å². The van der Waals surface area contributed by atoms with Gasteiger partial charge in [0.25, 0.3) is 5.89 Å². The molecule has 2 fully saturated rings. The molecule has 3 nitrogen and oxygen atoms in total. The molecule has 0 spiro atoms. The SMILES string of the molecule is CCCCCC1CCC(c2ccc(-c3noc(-c4ccc(C5CCC(CCCCC)CC5)cc4)n3)cc2)CC1. The average molecular weight is 527 g/mol. The number of benzene rings is 2. The standard InChI is InChI=1S/C36H50N2O/c1-3-5-7-9-27-11-15-29(16-12-27)31-19-23-33(24-20-31)35-37-36(39-38-35)34-25-21-32(22-26-34)30-17-13-28(14-18-30)10-8-6-4-2/h19-30H,3-18H2,1-2H3. The van der Waals surface area contributed by atoms with Crippen LogP contribution in [0.5, 0.6) is 0 Å². The lowest BCUT2D eigenvalue weighted by molar-refractivity contribution is 0.303. The molecule has 0 N–H and O–H groups in total. The first-order valence-electron chi connectivity index (χ1n) is 16.3. The summed E-state index contributed by atoms with van der Waals surface area (Å²) in [6.45, 7) is 4.60. The maximum atomic E-state index is 5.69. The van der Waals surface area contributed by atoms with Crippen molar-refractivity contribution in [3.63, 3.8) is 0 Å². The molecular formula is C36H50N2O. The largest absolute Gasteiger partial charge is 0.334 e. The van der Waals surface area contributed by atoms with E-state index in [2.05, 4.69) is 67.5 Å². The predicted molar refractivity (Wildman–Crippen MR) is 163 cm³/mol. The van der Waals surface area contributed by atoms with Crippen LogP contribution in [0.1, 0.15) is 140 Å². The fourth-order valence-corrected chi connectivity index (χ4v) is 7.20. The molecule has 0 unspecified atom stereocenters. The Morgan fingerprint density at radius 1 is 0.590 bits per heavy atom. The molecule has 0 radical (unpaired) electrons. The van der Waals surface area contributed by atoms with Crippen LogP contribution in [0.3, 0.4) is 0 Å². The average Bonchev–Trinajstić information content (AvgIpc) is 3.49. The van der Waals surface area contributed by atoms with Gasteiger partial charge in [0.15, 0.2) is 0 Å². The highest BCUT2D eigenvalue weighted by atomic mass is 16.5. The van der Waals surface area contributed by atoms with Gasteiger partial charge in [-0.2, -0.15) is 4.98 Å². The number of nitrogens with zero attached hydrogens (tertiary/aromatic N) is 2. The maximum absolute atomic E-state index is 5.69. The Morgan fingerprint density at radius 2 is 1.05 bits per heavy atom. The van der Waals surface area contributed by atoms with Crippen molar-refractivity contribution in [3.8, 4) is 22.8 Å². The second-order valence-electron chi connectivity index (χ2n) is 12.6. The Morgan fingerprint density at radius 3 is 1.51 bits per heavy atom. The highest BCUT2D eigenvalue weighted by Gasteiger charge is 2.23. The molecule has 2 aliphatic carbocycles. The Kier molecular flexibility index (Phi) is 10.3. The molecule has 2 aromatic carbocycles. The Labute approximate surface area is 237 Å². The van der Waals surface area contributed by atoms with E-state index in [1.165, 1.54) is 114 Å². The summed E-state index contributed by atoms with van der Waals surface area (Å²) in [7, 11) is 0. The quantitative estimate of drug-likeness (QED) is 0.220. The molecule has 2 saturated carbocycles. The van der Waals surface area contributed by atoms with Crippen LogP contribution in [0.2, 0.25) is 0 Å². The van der Waals surface area contributed by atoms with Crippen molar-refractivity contribution >= 4 is 0 Å². The molecule has 39 heavy (non-hydrogen) atoms. The van der Waals surface area contributed by atoms with Crippen LogP contribution < -0.4 is 0 Å². The van der Waals surface area contributed by atoms with Crippen molar-refractivity contribution in [2.75, 3.05) is 0 Å². The van der Waals surface area contributed by atoms with Crippen LogP contribution in [-0.2, 0) is 0 Å². The number of unbranched alkanes of at least 4 members (excludes halogenated alkanes) is 4. The smallest absolute Gasteiger partial charge is 0.258 e. The molecule has 5 rings (SSSR count). The third-order valence-electron chi connectivity index (χ3n) is 9.82. The van der Waals surface area contributed by atoms with E-state index >= 15 is 0 Å². The van der Waals surface area contributed by atoms with Gasteiger partial charge in [-0.05, 0) is 98.3 Å². The fourth-order valence-electron chi connectivity index (χ4n) is 7.20. The van der Waals surface area contributed by atoms with Crippen LogP contribution in [0.25, 0.3) is 22.8 Å². The monoisotopic (exact) mass is 526 g/mol. The van der Waals surface area contributed by atoms with E-state index < -0.39 is 0 Å². The van der Waals surface area contributed by atoms with Gasteiger partial charge in [0.05, 0.1) is 0 Å². The van der Waals surface area contributed by atoms with Crippen molar-refractivity contribution in [1.82, 2.24) is 10.1 Å². The van der Waals surface area contributed by atoms with Crippen LogP contribution in [0.15, 0.2) is 53.1 Å². The second-order valence-corrected chi connectivity index (χ2v) is 12.6. The van der Waals surface area contributed by atoms with Gasteiger partial charge in [-0.1, -0.05) is 107 Å². The Hall–Kier alpha value is -2.42. The summed E-state index contributed by atoms with van der Waals surface area (Å²) < 4.78 is 5.69. The number of rotatable bonds is 12. The molecule has 0 atom stereocenters. The predicted octanol–water partition coefficient (Wildman–Crippen LogP) is 11.1. The molecule has 3 heteroatoms. The first-order valence-corrected chi connectivity index (χ1v) is 16.3. The highest BCUT2D eigenvalue weighted by Crippen LogP contribution is 2.39. The van der Waals surface area contributed by atoms with Gasteiger partial charge in [-0.3, -0.25) is 0 Å². The minimum absolute atomic E-state index is 0.613. The molecule has 1 heterocycles. The van der Waals surface area contributed by atoms with Crippen molar-refractivity contribution in [2.24, 2.45) is 11.8 Å². The van der Waals surface area contributed by atoms with Crippen molar-refractivity contribution in [3.05, 3.63) is 59.7 Å². The van der Waals surface area contributed by atoms with E-state index in [0.717, 1.165) is 23.0 Å². The van der Waals surface area contributed by atoms with E-state index in [1.54, 1.807) is 0 Å². The molecule has 0 bridgehead atoms. The Bertz CT molecular complexity index is 1010. The molecule has 0 aliphatic heterocycles. The van der Waals surface area contributed by atoms with E-state index in [-0.39, 0.29) is 0 Å². The molecular weight excluding hydrogens is 476 g/mol. The van der Waals surface area contributed by atoms with Gasteiger partial charge >= 0.3 is 0 Å². The lowest BCUT2D eigenvalue weighted by Gasteiger charge is -2.29. The molecule has 3 aromatic rings. The van der Waals surface area contributed by atoms with Crippen LogP contribution in [0, 0.1) is 11.8 Å². The fraction of sp³-hybridized carbons (Fsp3) is 0.611. The summed E-state index contributed by atoms with van der Waals surface area (Å²) in [5, 5.41) is 4.32. The maximum Gasteiger partial charge on any atom is 0.258 e. The normalized spacial score (nSPS) is 23.6. The molecule has 1 aromatic heterocycles. The zero-order valence-electron chi connectivity index (χ0n) is 24.5. The summed E-state index contributed by atoms with van der Waals surface area (Å²) in [4.78, 5) is 4.75. The third-order valence-corrected chi connectivity index (χ3v) is 9.82. The second kappa shape index (κ2) is 14.3. The zero-order chi connectivity index (χ0) is 26.9. The van der Waals surface area contributed by atoms with E-state index in [9.17, 15) is 0 Å². The minimum atomic E-state index is 0.613. The van der Waals surface area contributed by atoms with Gasteiger partial charge in [0.2, 0.25) is 5.82 Å². The van der Waals surface area contributed by atoms with Crippen molar-refractivity contribution < 1.29 is 4.52 Å². The van der Waals surface area contributed by atoms with E-state index in [1.807, 2.05) is 0 Å². The first kappa shape index (κ1) is 28.1. The van der Waals surface area contributed by atoms with Crippen molar-refractivity contribution in [2.45, 2.75) is 128 Å².